The van der Waals surface area contributed by atoms with E-state index in [0.717, 1.165) is 47.2 Å². The number of hydrogen-bond acceptors (Lipinski definition) is 3. The van der Waals surface area contributed by atoms with Crippen molar-refractivity contribution in [2.24, 2.45) is 0 Å². The minimum atomic E-state index is 0.160. The van der Waals surface area contributed by atoms with Crippen LogP contribution in [-0.2, 0) is 11.2 Å². The first-order chi connectivity index (χ1) is 13.6. The third-order valence-corrected chi connectivity index (χ3v) is 5.52. The van der Waals surface area contributed by atoms with Gasteiger partial charge in [0.15, 0.2) is 0 Å². The van der Waals surface area contributed by atoms with Crippen LogP contribution in [0.3, 0.4) is 0 Å². The molecular weight excluding hydrogens is 372 g/mol. The molecule has 1 amide bonds. The molecule has 2 heterocycles. The molecule has 0 spiro atoms. The van der Waals surface area contributed by atoms with Crippen molar-refractivity contribution in [3.8, 4) is 5.69 Å². The summed E-state index contributed by atoms with van der Waals surface area (Å²) in [5.74, 6) is 0.160. The van der Waals surface area contributed by atoms with E-state index in [1.807, 2.05) is 53.2 Å². The fourth-order valence-corrected chi connectivity index (χ4v) is 3.75. The molecule has 1 aliphatic rings. The monoisotopic (exact) mass is 394 g/mol. The van der Waals surface area contributed by atoms with Gasteiger partial charge in [0.2, 0.25) is 5.91 Å². The van der Waals surface area contributed by atoms with Gasteiger partial charge < -0.3 is 14.4 Å². The first kappa shape index (κ1) is 18.6. The summed E-state index contributed by atoms with van der Waals surface area (Å²) in [4.78, 5) is 20.9. The van der Waals surface area contributed by atoms with Crippen molar-refractivity contribution < 1.29 is 4.79 Å². The standard InChI is InChI=1S/C22H23ClN4O/c1-17-14-27(16-24-17)20-8-6-19(7-9-20)26-13-12-25(22(28)15-26)11-10-18-4-2-3-5-21(18)23/h2-9,14,16H,10-13,15H2,1H3. The van der Waals surface area contributed by atoms with Crippen molar-refractivity contribution in [3.05, 3.63) is 77.3 Å². The molecule has 0 bridgehead atoms. The lowest BCUT2D eigenvalue weighted by molar-refractivity contribution is -0.130. The summed E-state index contributed by atoms with van der Waals surface area (Å²) in [6.07, 6.45) is 4.59. The summed E-state index contributed by atoms with van der Waals surface area (Å²) in [5, 5.41) is 0.766. The van der Waals surface area contributed by atoms with Crippen LogP contribution in [-0.4, -0.2) is 46.5 Å². The maximum absolute atomic E-state index is 12.6. The lowest BCUT2D eigenvalue weighted by Gasteiger charge is -2.35. The van der Waals surface area contributed by atoms with E-state index < -0.39 is 0 Å². The van der Waals surface area contributed by atoms with Crippen molar-refractivity contribution in [2.75, 3.05) is 31.1 Å². The summed E-state index contributed by atoms with van der Waals surface area (Å²) in [6, 6.07) is 16.1. The van der Waals surface area contributed by atoms with Gasteiger partial charge in [0.1, 0.15) is 0 Å². The molecular formula is C22H23ClN4O. The first-order valence-corrected chi connectivity index (χ1v) is 9.85. The number of aromatic nitrogens is 2. The third kappa shape index (κ3) is 4.04. The topological polar surface area (TPSA) is 41.4 Å². The number of amides is 1. The van der Waals surface area contributed by atoms with E-state index in [2.05, 4.69) is 34.1 Å². The van der Waals surface area contributed by atoms with Gasteiger partial charge >= 0.3 is 0 Å². The molecule has 28 heavy (non-hydrogen) atoms. The molecule has 3 aromatic rings. The summed E-state index contributed by atoms with van der Waals surface area (Å²) in [7, 11) is 0. The highest BCUT2D eigenvalue weighted by Gasteiger charge is 2.24. The molecule has 0 atom stereocenters. The van der Waals surface area contributed by atoms with Crippen LogP contribution in [0.5, 0.6) is 0 Å². The second kappa shape index (κ2) is 8.07. The minimum absolute atomic E-state index is 0.160. The Labute approximate surface area is 170 Å². The highest BCUT2D eigenvalue weighted by Crippen LogP contribution is 2.21. The van der Waals surface area contributed by atoms with Gasteiger partial charge in [0.25, 0.3) is 0 Å². The fraction of sp³-hybridized carbons (Fsp3) is 0.273. The number of anilines is 1. The predicted molar refractivity (Wildman–Crippen MR) is 112 cm³/mol. The van der Waals surface area contributed by atoms with Crippen molar-refractivity contribution in [2.45, 2.75) is 13.3 Å². The van der Waals surface area contributed by atoms with E-state index in [1.165, 1.54) is 0 Å². The zero-order valence-electron chi connectivity index (χ0n) is 15.9. The zero-order chi connectivity index (χ0) is 19.5. The van der Waals surface area contributed by atoms with Crippen molar-refractivity contribution in [1.82, 2.24) is 14.5 Å². The van der Waals surface area contributed by atoms with Gasteiger partial charge in [-0.1, -0.05) is 29.8 Å². The Hall–Kier alpha value is -2.79. The Morgan fingerprint density at radius 3 is 2.46 bits per heavy atom. The normalized spacial score (nSPS) is 14.6. The molecule has 1 aromatic heterocycles. The Kier molecular flexibility index (Phi) is 5.35. The average molecular weight is 395 g/mol. The zero-order valence-corrected chi connectivity index (χ0v) is 16.6. The number of aryl methyl sites for hydroxylation is 1. The van der Waals surface area contributed by atoms with Gasteiger partial charge in [0, 0.05) is 42.2 Å². The molecule has 5 nitrogen and oxygen atoms in total. The molecule has 6 heteroatoms. The van der Waals surface area contributed by atoms with Crippen LogP contribution in [0.4, 0.5) is 5.69 Å². The SMILES string of the molecule is Cc1cn(-c2ccc(N3CCN(CCc4ccccc4Cl)C(=O)C3)cc2)cn1. The molecule has 0 N–H and O–H groups in total. The minimum Gasteiger partial charge on any atom is -0.360 e. The summed E-state index contributed by atoms with van der Waals surface area (Å²) in [5.41, 5.74) is 4.21. The van der Waals surface area contributed by atoms with Gasteiger partial charge in [-0.25, -0.2) is 4.98 Å². The predicted octanol–water partition coefficient (Wildman–Crippen LogP) is 3.73. The van der Waals surface area contributed by atoms with E-state index in [-0.39, 0.29) is 5.91 Å². The van der Waals surface area contributed by atoms with Crippen molar-refractivity contribution in [1.29, 1.82) is 0 Å². The van der Waals surface area contributed by atoms with Crippen molar-refractivity contribution in [3.63, 3.8) is 0 Å². The molecule has 0 saturated carbocycles. The van der Waals surface area contributed by atoms with Gasteiger partial charge in [-0.2, -0.15) is 0 Å². The van der Waals surface area contributed by atoms with Gasteiger partial charge in [0.05, 0.1) is 18.6 Å². The van der Waals surface area contributed by atoms with Crippen LogP contribution >= 0.6 is 11.6 Å². The van der Waals surface area contributed by atoms with Gasteiger partial charge in [-0.05, 0) is 49.2 Å². The molecule has 1 fully saturated rings. The molecule has 144 valence electrons. The van der Waals surface area contributed by atoms with Gasteiger partial charge in [-0.15, -0.1) is 0 Å². The summed E-state index contributed by atoms with van der Waals surface area (Å²) < 4.78 is 2.00. The smallest absolute Gasteiger partial charge is 0.242 e. The lowest BCUT2D eigenvalue weighted by Crippen LogP contribution is -2.51. The van der Waals surface area contributed by atoms with E-state index in [4.69, 9.17) is 11.6 Å². The molecule has 0 unspecified atom stereocenters. The molecule has 1 saturated heterocycles. The van der Waals surface area contributed by atoms with Crippen LogP contribution in [0.25, 0.3) is 5.69 Å². The number of benzene rings is 2. The van der Waals surface area contributed by atoms with Crippen LogP contribution in [0.1, 0.15) is 11.3 Å². The number of nitrogens with zero attached hydrogens (tertiary/aromatic N) is 4. The highest BCUT2D eigenvalue weighted by atomic mass is 35.5. The third-order valence-electron chi connectivity index (χ3n) is 5.15. The molecule has 4 rings (SSSR count). The quantitative estimate of drug-likeness (QED) is 0.662. The van der Waals surface area contributed by atoms with E-state index >= 15 is 0 Å². The van der Waals surface area contributed by atoms with E-state index in [0.29, 0.717) is 13.1 Å². The first-order valence-electron chi connectivity index (χ1n) is 9.47. The molecule has 1 aliphatic heterocycles. The van der Waals surface area contributed by atoms with Crippen molar-refractivity contribution >= 4 is 23.2 Å². The summed E-state index contributed by atoms with van der Waals surface area (Å²) >= 11 is 6.22. The average Bonchev–Trinajstić information content (AvgIpc) is 3.15. The highest BCUT2D eigenvalue weighted by molar-refractivity contribution is 6.31. The second-order valence-electron chi connectivity index (χ2n) is 7.08. The number of hydrogen-bond donors (Lipinski definition) is 0. The Morgan fingerprint density at radius 2 is 1.79 bits per heavy atom. The number of carbonyl (C=O) groups is 1. The number of piperazine rings is 1. The van der Waals surface area contributed by atoms with E-state index in [9.17, 15) is 4.79 Å². The fourth-order valence-electron chi connectivity index (χ4n) is 3.52. The van der Waals surface area contributed by atoms with Gasteiger partial charge in [-0.3, -0.25) is 4.79 Å². The Balaban J connectivity index is 1.36. The molecule has 0 radical (unpaired) electrons. The number of halogens is 1. The lowest BCUT2D eigenvalue weighted by atomic mass is 10.1. The van der Waals surface area contributed by atoms with Crippen LogP contribution in [0, 0.1) is 6.92 Å². The largest absolute Gasteiger partial charge is 0.360 e. The Morgan fingerprint density at radius 1 is 1.04 bits per heavy atom. The Bertz CT molecular complexity index is 967. The van der Waals surface area contributed by atoms with Crippen LogP contribution in [0.15, 0.2) is 61.1 Å². The molecule has 2 aromatic carbocycles. The number of carbonyl (C=O) groups excluding carboxylic acids is 1. The summed E-state index contributed by atoms with van der Waals surface area (Å²) in [6.45, 7) is 4.65. The number of rotatable bonds is 5. The van der Waals surface area contributed by atoms with Crippen LogP contribution in [0.2, 0.25) is 5.02 Å². The maximum Gasteiger partial charge on any atom is 0.242 e. The van der Waals surface area contributed by atoms with E-state index in [1.54, 1.807) is 0 Å². The van der Waals surface area contributed by atoms with Crippen LogP contribution < -0.4 is 4.90 Å². The molecule has 0 aliphatic carbocycles. The second-order valence-corrected chi connectivity index (χ2v) is 7.49. The maximum atomic E-state index is 12.6. The number of imidazole rings is 1.